The summed E-state index contributed by atoms with van der Waals surface area (Å²) < 4.78 is 0. The van der Waals surface area contributed by atoms with Gasteiger partial charge in [0.25, 0.3) is 0 Å². The number of hydrogen-bond acceptors (Lipinski definition) is 2. The van der Waals surface area contributed by atoms with E-state index in [1.165, 1.54) is 16.0 Å². The first-order valence-corrected chi connectivity index (χ1v) is 8.67. The monoisotopic (exact) mass is 319 g/mol. The van der Waals surface area contributed by atoms with E-state index in [4.69, 9.17) is 11.6 Å². The molecule has 0 radical (unpaired) electrons. The number of nitrogens with one attached hydrogen (secondary N) is 1. The molecule has 21 heavy (non-hydrogen) atoms. The summed E-state index contributed by atoms with van der Waals surface area (Å²) in [4.78, 5) is 1.30. The minimum atomic E-state index is 0.694. The molecule has 0 fully saturated rings. The van der Waals surface area contributed by atoms with Crippen LogP contribution in [0.25, 0.3) is 0 Å². The van der Waals surface area contributed by atoms with Crippen molar-refractivity contribution < 1.29 is 0 Å². The Morgan fingerprint density at radius 2 is 1.57 bits per heavy atom. The van der Waals surface area contributed by atoms with Gasteiger partial charge in [-0.15, -0.1) is 11.8 Å². The largest absolute Gasteiger partial charge is 0.312 e. The van der Waals surface area contributed by atoms with E-state index in [1.807, 2.05) is 23.9 Å². The fourth-order valence-electron chi connectivity index (χ4n) is 1.96. The third-order valence-electron chi connectivity index (χ3n) is 3.12. The van der Waals surface area contributed by atoms with Gasteiger partial charge in [0.05, 0.1) is 0 Å². The predicted molar refractivity (Wildman–Crippen MR) is 94.0 cm³/mol. The van der Waals surface area contributed by atoms with Crippen LogP contribution in [0.3, 0.4) is 0 Å². The van der Waals surface area contributed by atoms with Crippen LogP contribution in [-0.2, 0) is 12.3 Å². The first-order valence-electron chi connectivity index (χ1n) is 7.30. The van der Waals surface area contributed by atoms with Crippen LogP contribution in [0.15, 0.2) is 53.4 Å². The molecule has 0 atom stereocenters. The maximum atomic E-state index is 5.89. The molecule has 0 aromatic heterocycles. The van der Waals surface area contributed by atoms with Crippen molar-refractivity contribution in [2.24, 2.45) is 5.92 Å². The topological polar surface area (TPSA) is 12.0 Å². The quantitative estimate of drug-likeness (QED) is 0.688. The van der Waals surface area contributed by atoms with Gasteiger partial charge in [-0.2, -0.15) is 0 Å². The van der Waals surface area contributed by atoms with Crippen LogP contribution in [0.2, 0.25) is 5.02 Å². The van der Waals surface area contributed by atoms with E-state index >= 15 is 0 Å². The molecule has 1 N–H and O–H groups in total. The van der Waals surface area contributed by atoms with E-state index in [-0.39, 0.29) is 0 Å². The Morgan fingerprint density at radius 3 is 2.19 bits per heavy atom. The molecular formula is C18H22ClNS. The molecule has 0 aliphatic heterocycles. The molecule has 2 rings (SSSR count). The second-order valence-corrected chi connectivity index (χ2v) is 7.07. The zero-order valence-corrected chi connectivity index (χ0v) is 14.2. The molecule has 0 bridgehead atoms. The SMILES string of the molecule is CC(C)CNCc1ccc(SCc2ccc(Cl)cc2)cc1. The van der Waals surface area contributed by atoms with E-state index in [9.17, 15) is 0 Å². The third kappa shape index (κ3) is 6.13. The lowest BCUT2D eigenvalue weighted by Crippen LogP contribution is -2.18. The van der Waals surface area contributed by atoms with Crippen LogP contribution in [0.1, 0.15) is 25.0 Å². The maximum Gasteiger partial charge on any atom is 0.0406 e. The molecule has 2 aromatic rings. The summed E-state index contributed by atoms with van der Waals surface area (Å²) >= 11 is 7.75. The summed E-state index contributed by atoms with van der Waals surface area (Å²) in [7, 11) is 0. The first kappa shape index (κ1) is 16.4. The Morgan fingerprint density at radius 1 is 0.952 bits per heavy atom. The Balaban J connectivity index is 1.80. The van der Waals surface area contributed by atoms with Crippen LogP contribution in [0.5, 0.6) is 0 Å². The molecule has 2 aromatic carbocycles. The highest BCUT2D eigenvalue weighted by molar-refractivity contribution is 7.98. The Hall–Kier alpha value is -0.960. The van der Waals surface area contributed by atoms with E-state index in [0.29, 0.717) is 5.92 Å². The Bertz CT molecular complexity index is 534. The fourth-order valence-corrected chi connectivity index (χ4v) is 2.94. The van der Waals surface area contributed by atoms with Crippen molar-refractivity contribution in [2.45, 2.75) is 31.0 Å². The zero-order chi connectivity index (χ0) is 15.1. The lowest BCUT2D eigenvalue weighted by atomic mass is 10.2. The highest BCUT2D eigenvalue weighted by Crippen LogP contribution is 2.23. The van der Waals surface area contributed by atoms with Gasteiger partial charge in [0.15, 0.2) is 0 Å². The highest BCUT2D eigenvalue weighted by atomic mass is 35.5. The minimum absolute atomic E-state index is 0.694. The van der Waals surface area contributed by atoms with Crippen molar-refractivity contribution >= 4 is 23.4 Å². The maximum absolute atomic E-state index is 5.89. The highest BCUT2D eigenvalue weighted by Gasteiger charge is 1.99. The molecule has 112 valence electrons. The van der Waals surface area contributed by atoms with Crippen molar-refractivity contribution in [3.8, 4) is 0 Å². The predicted octanol–water partition coefficient (Wildman–Crippen LogP) is 5.38. The lowest BCUT2D eigenvalue weighted by molar-refractivity contribution is 0.552. The van der Waals surface area contributed by atoms with Gasteiger partial charge in [0.1, 0.15) is 0 Å². The second-order valence-electron chi connectivity index (χ2n) is 5.58. The van der Waals surface area contributed by atoms with Gasteiger partial charge in [-0.3, -0.25) is 0 Å². The molecule has 0 saturated carbocycles. The molecule has 0 aliphatic carbocycles. The molecular weight excluding hydrogens is 298 g/mol. The van der Waals surface area contributed by atoms with Gasteiger partial charge in [-0.1, -0.05) is 49.7 Å². The molecule has 0 unspecified atom stereocenters. The number of thioether (sulfide) groups is 1. The zero-order valence-electron chi connectivity index (χ0n) is 12.6. The summed E-state index contributed by atoms with van der Waals surface area (Å²) in [6.45, 7) is 6.46. The van der Waals surface area contributed by atoms with Crippen molar-refractivity contribution in [1.29, 1.82) is 0 Å². The van der Waals surface area contributed by atoms with Crippen LogP contribution < -0.4 is 5.32 Å². The van der Waals surface area contributed by atoms with E-state index in [0.717, 1.165) is 23.9 Å². The van der Waals surface area contributed by atoms with Crippen molar-refractivity contribution in [3.63, 3.8) is 0 Å². The number of rotatable bonds is 7. The summed E-state index contributed by atoms with van der Waals surface area (Å²) in [5, 5.41) is 4.26. The van der Waals surface area contributed by atoms with Gasteiger partial charge >= 0.3 is 0 Å². The summed E-state index contributed by atoms with van der Waals surface area (Å²) in [5.74, 6) is 1.67. The van der Waals surface area contributed by atoms with Crippen LogP contribution in [0, 0.1) is 5.92 Å². The van der Waals surface area contributed by atoms with Crippen LogP contribution in [0.4, 0.5) is 0 Å². The first-order chi connectivity index (χ1) is 10.1. The lowest BCUT2D eigenvalue weighted by Gasteiger charge is -2.08. The van der Waals surface area contributed by atoms with Gasteiger partial charge in [-0.05, 0) is 47.9 Å². The van der Waals surface area contributed by atoms with E-state index in [2.05, 4.69) is 55.6 Å². The molecule has 0 aliphatic rings. The summed E-state index contributed by atoms with van der Waals surface area (Å²) in [6, 6.07) is 16.9. The summed E-state index contributed by atoms with van der Waals surface area (Å²) in [6.07, 6.45) is 0. The molecule has 0 spiro atoms. The van der Waals surface area contributed by atoms with E-state index in [1.54, 1.807) is 0 Å². The van der Waals surface area contributed by atoms with Gasteiger partial charge in [0, 0.05) is 22.2 Å². The standard InChI is InChI=1S/C18H22ClNS/c1-14(2)11-20-12-15-5-9-18(10-6-15)21-13-16-3-7-17(19)8-4-16/h3-10,14,20H,11-13H2,1-2H3. The molecule has 0 heterocycles. The van der Waals surface area contributed by atoms with Crippen LogP contribution in [-0.4, -0.2) is 6.54 Å². The molecule has 0 saturated heterocycles. The van der Waals surface area contributed by atoms with Crippen LogP contribution >= 0.6 is 23.4 Å². The van der Waals surface area contributed by atoms with Crippen molar-refractivity contribution in [1.82, 2.24) is 5.32 Å². The van der Waals surface area contributed by atoms with E-state index < -0.39 is 0 Å². The van der Waals surface area contributed by atoms with Gasteiger partial charge < -0.3 is 5.32 Å². The van der Waals surface area contributed by atoms with Gasteiger partial charge in [-0.25, -0.2) is 0 Å². The normalized spacial score (nSPS) is 11.0. The van der Waals surface area contributed by atoms with Crippen molar-refractivity contribution in [3.05, 3.63) is 64.7 Å². The number of halogens is 1. The number of benzene rings is 2. The molecule has 1 nitrogen and oxygen atoms in total. The minimum Gasteiger partial charge on any atom is -0.312 e. The Kier molecular flexibility index (Phi) is 6.62. The average molecular weight is 320 g/mol. The Labute approximate surface area is 137 Å². The average Bonchev–Trinajstić information content (AvgIpc) is 2.48. The number of hydrogen-bond donors (Lipinski definition) is 1. The van der Waals surface area contributed by atoms with Crippen molar-refractivity contribution in [2.75, 3.05) is 6.54 Å². The fraction of sp³-hybridized carbons (Fsp3) is 0.333. The smallest absolute Gasteiger partial charge is 0.0406 e. The summed E-state index contributed by atoms with van der Waals surface area (Å²) in [5.41, 5.74) is 2.64. The molecule has 3 heteroatoms. The third-order valence-corrected chi connectivity index (χ3v) is 4.46. The molecule has 0 amide bonds. The second kappa shape index (κ2) is 8.47. The van der Waals surface area contributed by atoms with Gasteiger partial charge in [0.2, 0.25) is 0 Å².